The van der Waals surface area contributed by atoms with E-state index in [-0.39, 0.29) is 5.38 Å². The molecule has 0 aromatic heterocycles. The summed E-state index contributed by atoms with van der Waals surface area (Å²) in [6, 6.07) is 6.54. The lowest BCUT2D eigenvalue weighted by Gasteiger charge is -2.20. The lowest BCUT2D eigenvalue weighted by molar-refractivity contribution is 0.134. The third-order valence-corrected chi connectivity index (χ3v) is 4.13. The van der Waals surface area contributed by atoms with E-state index in [1.165, 1.54) is 16.7 Å². The molecule has 0 aliphatic carbocycles. The lowest BCUT2D eigenvalue weighted by Crippen LogP contribution is -2.06. The van der Waals surface area contributed by atoms with E-state index >= 15 is 0 Å². The van der Waals surface area contributed by atoms with Gasteiger partial charge in [0.15, 0.2) is 0 Å². The Morgan fingerprint density at radius 3 is 2.56 bits per heavy atom. The van der Waals surface area contributed by atoms with Crippen LogP contribution in [0.1, 0.15) is 48.8 Å². The van der Waals surface area contributed by atoms with Gasteiger partial charge in [0.1, 0.15) is 0 Å². The van der Waals surface area contributed by atoms with Crippen molar-refractivity contribution in [3.63, 3.8) is 0 Å². The van der Waals surface area contributed by atoms with Crippen molar-refractivity contribution in [2.24, 2.45) is 5.92 Å². The van der Waals surface area contributed by atoms with Crippen molar-refractivity contribution in [1.29, 1.82) is 0 Å². The molecule has 1 unspecified atom stereocenters. The first kappa shape index (κ1) is 11.9. The zero-order valence-corrected chi connectivity index (χ0v) is 10.8. The first-order chi connectivity index (χ1) is 7.76. The van der Waals surface area contributed by atoms with Gasteiger partial charge in [0.2, 0.25) is 0 Å². The predicted octanol–water partition coefficient (Wildman–Crippen LogP) is 4.43. The summed E-state index contributed by atoms with van der Waals surface area (Å²) in [5, 5.41) is 0.140. The summed E-state index contributed by atoms with van der Waals surface area (Å²) in [6.45, 7) is 5.92. The maximum absolute atomic E-state index is 6.53. The monoisotopic (exact) mass is 238 g/mol. The van der Waals surface area contributed by atoms with E-state index in [4.69, 9.17) is 16.3 Å². The lowest BCUT2D eigenvalue weighted by atomic mass is 9.92. The summed E-state index contributed by atoms with van der Waals surface area (Å²) in [5.41, 5.74) is 3.88. The number of hydrogen-bond acceptors (Lipinski definition) is 1. The van der Waals surface area contributed by atoms with Gasteiger partial charge in [-0.2, -0.15) is 0 Å². The number of fused-ring (bicyclic) bond motifs is 1. The molecule has 1 nitrogen and oxygen atoms in total. The number of benzene rings is 1. The molecule has 0 radical (unpaired) electrons. The standard InChI is InChI=1S/C14H19ClO/c1-3-10(4-2)14(15)11-5-6-12-8-16-9-13(12)7-11/h5-7,10,14H,3-4,8-9H2,1-2H3. The molecule has 1 aromatic carbocycles. The van der Waals surface area contributed by atoms with Gasteiger partial charge in [0.05, 0.1) is 18.6 Å². The van der Waals surface area contributed by atoms with E-state index in [9.17, 15) is 0 Å². The van der Waals surface area contributed by atoms with Crippen LogP contribution in [0.3, 0.4) is 0 Å². The average molecular weight is 239 g/mol. The van der Waals surface area contributed by atoms with E-state index in [2.05, 4.69) is 32.0 Å². The van der Waals surface area contributed by atoms with Crippen molar-refractivity contribution >= 4 is 11.6 Å². The average Bonchev–Trinajstić information content (AvgIpc) is 2.77. The van der Waals surface area contributed by atoms with Crippen molar-refractivity contribution in [2.45, 2.75) is 45.3 Å². The molecule has 2 rings (SSSR count). The maximum Gasteiger partial charge on any atom is 0.0725 e. The van der Waals surface area contributed by atoms with Gasteiger partial charge in [-0.05, 0) is 22.6 Å². The van der Waals surface area contributed by atoms with Gasteiger partial charge in [0.25, 0.3) is 0 Å². The Bertz CT molecular complexity index is 358. The molecule has 0 amide bonds. The summed E-state index contributed by atoms with van der Waals surface area (Å²) in [7, 11) is 0. The fourth-order valence-electron chi connectivity index (χ4n) is 2.34. The minimum absolute atomic E-state index is 0.140. The highest BCUT2D eigenvalue weighted by molar-refractivity contribution is 6.21. The van der Waals surface area contributed by atoms with Gasteiger partial charge in [-0.25, -0.2) is 0 Å². The zero-order valence-electron chi connectivity index (χ0n) is 10.0. The molecule has 0 N–H and O–H groups in total. The Morgan fingerprint density at radius 1 is 1.19 bits per heavy atom. The van der Waals surface area contributed by atoms with Crippen LogP contribution in [0.4, 0.5) is 0 Å². The summed E-state index contributed by atoms with van der Waals surface area (Å²) in [6.07, 6.45) is 2.27. The number of halogens is 1. The van der Waals surface area contributed by atoms with Crippen LogP contribution in [0.25, 0.3) is 0 Å². The van der Waals surface area contributed by atoms with Crippen LogP contribution in [0, 0.1) is 5.92 Å². The third kappa shape index (κ3) is 2.26. The highest BCUT2D eigenvalue weighted by Crippen LogP contribution is 2.35. The van der Waals surface area contributed by atoms with E-state index in [1.807, 2.05) is 0 Å². The molecule has 16 heavy (non-hydrogen) atoms. The molecule has 1 aliphatic rings. The Labute approximate surface area is 103 Å². The molecule has 0 saturated carbocycles. The van der Waals surface area contributed by atoms with Crippen molar-refractivity contribution in [1.82, 2.24) is 0 Å². The highest BCUT2D eigenvalue weighted by Gasteiger charge is 2.20. The molecular weight excluding hydrogens is 220 g/mol. The van der Waals surface area contributed by atoms with Gasteiger partial charge in [-0.1, -0.05) is 44.9 Å². The fraction of sp³-hybridized carbons (Fsp3) is 0.571. The van der Waals surface area contributed by atoms with Crippen molar-refractivity contribution in [2.75, 3.05) is 0 Å². The van der Waals surface area contributed by atoms with Crippen LogP contribution in [-0.2, 0) is 18.0 Å². The molecule has 88 valence electrons. The first-order valence-electron chi connectivity index (χ1n) is 6.09. The van der Waals surface area contributed by atoms with E-state index in [0.717, 1.165) is 26.1 Å². The van der Waals surface area contributed by atoms with Crippen LogP contribution >= 0.6 is 11.6 Å². The normalized spacial score (nSPS) is 16.5. The largest absolute Gasteiger partial charge is 0.372 e. The van der Waals surface area contributed by atoms with E-state index in [0.29, 0.717) is 5.92 Å². The second-order valence-electron chi connectivity index (χ2n) is 4.50. The highest BCUT2D eigenvalue weighted by atomic mass is 35.5. The number of ether oxygens (including phenoxy) is 1. The fourth-order valence-corrected chi connectivity index (χ4v) is 2.83. The second-order valence-corrected chi connectivity index (χ2v) is 4.97. The zero-order chi connectivity index (χ0) is 11.5. The molecule has 1 aliphatic heterocycles. The molecular formula is C14H19ClO. The van der Waals surface area contributed by atoms with E-state index in [1.54, 1.807) is 0 Å². The molecule has 0 fully saturated rings. The topological polar surface area (TPSA) is 9.23 Å². The second kappa shape index (κ2) is 5.20. The molecule has 0 bridgehead atoms. The molecule has 2 heteroatoms. The van der Waals surface area contributed by atoms with Crippen LogP contribution in [0.2, 0.25) is 0 Å². The molecule has 1 heterocycles. The first-order valence-corrected chi connectivity index (χ1v) is 6.53. The number of rotatable bonds is 4. The molecule has 0 spiro atoms. The predicted molar refractivity (Wildman–Crippen MR) is 67.6 cm³/mol. The van der Waals surface area contributed by atoms with Crippen molar-refractivity contribution in [3.05, 3.63) is 34.9 Å². The van der Waals surface area contributed by atoms with Gasteiger partial charge in [0, 0.05) is 0 Å². The minimum atomic E-state index is 0.140. The van der Waals surface area contributed by atoms with Crippen LogP contribution in [0.5, 0.6) is 0 Å². The number of alkyl halides is 1. The van der Waals surface area contributed by atoms with Gasteiger partial charge < -0.3 is 4.74 Å². The quantitative estimate of drug-likeness (QED) is 0.705. The van der Waals surface area contributed by atoms with Crippen LogP contribution in [-0.4, -0.2) is 0 Å². The summed E-state index contributed by atoms with van der Waals surface area (Å²) < 4.78 is 5.42. The third-order valence-electron chi connectivity index (χ3n) is 3.53. The van der Waals surface area contributed by atoms with E-state index < -0.39 is 0 Å². The SMILES string of the molecule is CCC(CC)C(Cl)c1ccc2c(c1)COC2. The summed E-state index contributed by atoms with van der Waals surface area (Å²) in [5.74, 6) is 0.571. The van der Waals surface area contributed by atoms with Crippen LogP contribution < -0.4 is 0 Å². The maximum atomic E-state index is 6.53. The Kier molecular flexibility index (Phi) is 3.88. The number of hydrogen-bond donors (Lipinski definition) is 0. The molecule has 1 aromatic rings. The molecule has 0 saturated heterocycles. The molecule has 1 atom stereocenters. The van der Waals surface area contributed by atoms with Gasteiger partial charge >= 0.3 is 0 Å². The minimum Gasteiger partial charge on any atom is -0.372 e. The Morgan fingerprint density at radius 2 is 1.88 bits per heavy atom. The smallest absolute Gasteiger partial charge is 0.0725 e. The van der Waals surface area contributed by atoms with Crippen molar-refractivity contribution in [3.8, 4) is 0 Å². The summed E-state index contributed by atoms with van der Waals surface area (Å²) >= 11 is 6.53. The van der Waals surface area contributed by atoms with Crippen LogP contribution in [0.15, 0.2) is 18.2 Å². The van der Waals surface area contributed by atoms with Crippen molar-refractivity contribution < 1.29 is 4.74 Å². The Hall–Kier alpha value is -0.530. The van der Waals surface area contributed by atoms with Gasteiger partial charge in [-0.15, -0.1) is 11.6 Å². The summed E-state index contributed by atoms with van der Waals surface area (Å²) in [4.78, 5) is 0. The Balaban J connectivity index is 2.20. The van der Waals surface area contributed by atoms with Gasteiger partial charge in [-0.3, -0.25) is 0 Å².